The highest BCUT2D eigenvalue weighted by molar-refractivity contribution is 5.89. The molecule has 3 rings (SSSR count). The molecule has 2 heterocycles. The van der Waals surface area contributed by atoms with Gasteiger partial charge in [0.1, 0.15) is 12.6 Å². The largest absolute Gasteiger partial charge is 0.480 e. The molecule has 0 saturated carbocycles. The Hall–Kier alpha value is -3.13. The minimum absolute atomic E-state index is 0.0268. The number of carboxylic acid groups (broad SMARTS) is 1. The van der Waals surface area contributed by atoms with Gasteiger partial charge in [-0.15, -0.1) is 10.1 Å². The molecule has 2 aliphatic heterocycles. The highest BCUT2D eigenvalue weighted by atomic mass is 16.9. The Labute approximate surface area is 234 Å². The number of hydrogen-bond donors (Lipinski definition) is 2. The Bertz CT molecular complexity index is 934. The fourth-order valence-electron chi connectivity index (χ4n) is 4.68. The number of nitrogens with zero attached hydrogens (tertiary/aromatic N) is 3. The molecule has 0 aromatic heterocycles. The first-order chi connectivity index (χ1) is 19.3. The normalized spacial score (nSPS) is 19.6. The first-order valence-corrected chi connectivity index (χ1v) is 13.8. The van der Waals surface area contributed by atoms with Gasteiger partial charge >= 0.3 is 5.97 Å². The lowest BCUT2D eigenvalue weighted by Crippen LogP contribution is -2.67. The summed E-state index contributed by atoms with van der Waals surface area (Å²) in [6.07, 6.45) is 4.53. The number of ketones is 1. The third kappa shape index (κ3) is 11.2. The lowest BCUT2D eigenvalue weighted by molar-refractivity contribution is -0.757. The second kappa shape index (κ2) is 18.3. The minimum atomic E-state index is -0.986. The second-order valence-electron chi connectivity index (χ2n) is 9.64. The Morgan fingerprint density at radius 1 is 1.18 bits per heavy atom. The van der Waals surface area contributed by atoms with Gasteiger partial charge in [-0.3, -0.25) is 19.9 Å². The number of carboxylic acids is 1. The van der Waals surface area contributed by atoms with Crippen molar-refractivity contribution in [3.63, 3.8) is 0 Å². The fourth-order valence-corrected chi connectivity index (χ4v) is 4.68. The third-order valence-electron chi connectivity index (χ3n) is 6.60. The molecule has 40 heavy (non-hydrogen) atoms. The van der Waals surface area contributed by atoms with Crippen molar-refractivity contribution in [3.8, 4) is 0 Å². The molecule has 0 bridgehead atoms. The van der Waals surface area contributed by atoms with Crippen LogP contribution in [0.3, 0.4) is 0 Å². The van der Waals surface area contributed by atoms with Crippen molar-refractivity contribution in [2.24, 2.45) is 0 Å². The Kier molecular flexibility index (Phi) is 15.1. The summed E-state index contributed by atoms with van der Waals surface area (Å²) in [6, 6.07) is 7.93. The number of aryl methyl sites for hydroxylation is 1. The Balaban J connectivity index is 0.000000432. The van der Waals surface area contributed by atoms with Gasteiger partial charge in [-0.2, -0.15) is 0 Å². The maximum atomic E-state index is 13.1. The molecule has 3 unspecified atom stereocenters. The summed E-state index contributed by atoms with van der Waals surface area (Å²) in [5.41, 5.74) is 1.12. The van der Waals surface area contributed by atoms with Gasteiger partial charge in [-0.1, -0.05) is 37.3 Å². The molecular weight excluding hydrogens is 524 g/mol. The van der Waals surface area contributed by atoms with Crippen LogP contribution in [0.5, 0.6) is 0 Å². The SMILES string of the molecule is CCCOCCCO[N+](=O)[O-].COCC(=O)C(CCc1ccccc1)NC1CCN2CCCC(C(=O)O)N2C1=O. The van der Waals surface area contributed by atoms with Gasteiger partial charge in [0.15, 0.2) is 5.78 Å². The number of Topliss-reactive ketones (excluding diaryl/α,β-unsaturated/α-hetero) is 1. The molecule has 2 aliphatic rings. The number of carbonyl (C=O) groups is 3. The molecule has 0 spiro atoms. The van der Waals surface area contributed by atoms with Gasteiger partial charge in [0, 0.05) is 33.4 Å². The molecule has 224 valence electrons. The quantitative estimate of drug-likeness (QED) is 0.171. The first-order valence-electron chi connectivity index (χ1n) is 13.8. The molecule has 13 nitrogen and oxygen atoms in total. The van der Waals surface area contributed by atoms with E-state index in [2.05, 4.69) is 10.2 Å². The minimum Gasteiger partial charge on any atom is -0.480 e. The number of hydrazine groups is 1. The van der Waals surface area contributed by atoms with Crippen molar-refractivity contribution >= 4 is 17.7 Å². The van der Waals surface area contributed by atoms with Crippen molar-refractivity contribution in [2.45, 2.75) is 70.0 Å². The summed E-state index contributed by atoms with van der Waals surface area (Å²) in [7, 11) is 1.47. The third-order valence-corrected chi connectivity index (χ3v) is 6.60. The monoisotopic (exact) mass is 566 g/mol. The first kappa shape index (κ1) is 33.1. The fraction of sp³-hybridized carbons (Fsp3) is 0.667. The molecule has 2 N–H and O–H groups in total. The predicted molar refractivity (Wildman–Crippen MR) is 145 cm³/mol. The van der Waals surface area contributed by atoms with Crippen LogP contribution < -0.4 is 5.32 Å². The number of ether oxygens (including phenoxy) is 2. The molecule has 3 atom stereocenters. The zero-order chi connectivity index (χ0) is 29.3. The maximum absolute atomic E-state index is 13.1. The van der Waals surface area contributed by atoms with Crippen LogP contribution in [0.15, 0.2) is 30.3 Å². The standard InChI is InChI=1S/C21H29N3O5.C6H13NO4/c1-29-14-19(25)16(10-9-15-6-3-2-4-7-15)22-17-11-13-23-12-5-8-18(21(27)28)24(23)20(17)26;1-2-4-10-5-3-6-11-7(8)9/h2-4,6-7,16-18,22H,5,8-14H2,1H3,(H,27,28);2-6H2,1H3. The van der Waals surface area contributed by atoms with E-state index in [0.717, 1.165) is 18.4 Å². The number of aliphatic carboxylic acids is 1. The van der Waals surface area contributed by atoms with Crippen LogP contribution in [-0.2, 0) is 35.1 Å². The van der Waals surface area contributed by atoms with Crippen molar-refractivity contribution in [1.82, 2.24) is 15.3 Å². The van der Waals surface area contributed by atoms with Crippen LogP contribution in [0, 0.1) is 10.1 Å². The van der Waals surface area contributed by atoms with Crippen molar-refractivity contribution < 1.29 is 38.9 Å². The van der Waals surface area contributed by atoms with E-state index in [1.54, 1.807) is 0 Å². The van der Waals surface area contributed by atoms with Gasteiger partial charge in [-0.25, -0.2) is 9.80 Å². The molecule has 1 aromatic rings. The summed E-state index contributed by atoms with van der Waals surface area (Å²) < 4.78 is 10.1. The molecule has 13 heteroatoms. The molecule has 0 aliphatic carbocycles. The number of rotatable bonds is 16. The van der Waals surface area contributed by atoms with Crippen molar-refractivity contribution in [1.29, 1.82) is 0 Å². The summed E-state index contributed by atoms with van der Waals surface area (Å²) in [4.78, 5) is 51.0. The summed E-state index contributed by atoms with van der Waals surface area (Å²) in [6.45, 7) is 4.62. The zero-order valence-electron chi connectivity index (χ0n) is 23.4. The summed E-state index contributed by atoms with van der Waals surface area (Å²) in [5.74, 6) is -1.36. The molecule has 1 amide bonds. The summed E-state index contributed by atoms with van der Waals surface area (Å²) in [5, 5.41) is 24.8. The van der Waals surface area contributed by atoms with E-state index in [1.807, 2.05) is 42.3 Å². The van der Waals surface area contributed by atoms with E-state index < -0.39 is 29.2 Å². The van der Waals surface area contributed by atoms with E-state index in [1.165, 1.54) is 12.1 Å². The number of hydrogen-bond acceptors (Lipinski definition) is 10. The van der Waals surface area contributed by atoms with Gasteiger partial charge in [0.2, 0.25) is 0 Å². The van der Waals surface area contributed by atoms with Crippen LogP contribution in [0.1, 0.15) is 51.0 Å². The highest BCUT2D eigenvalue weighted by Gasteiger charge is 2.43. The molecular formula is C27H42N4O9. The van der Waals surface area contributed by atoms with Gasteiger partial charge in [0.25, 0.3) is 11.0 Å². The van der Waals surface area contributed by atoms with E-state index in [0.29, 0.717) is 58.4 Å². The topological polar surface area (TPSA) is 161 Å². The van der Waals surface area contributed by atoms with Gasteiger partial charge in [0.05, 0.1) is 18.7 Å². The van der Waals surface area contributed by atoms with E-state index in [9.17, 15) is 29.6 Å². The molecule has 2 fully saturated rings. The number of carbonyl (C=O) groups excluding carboxylic acids is 2. The van der Waals surface area contributed by atoms with Crippen LogP contribution in [0.25, 0.3) is 0 Å². The zero-order valence-corrected chi connectivity index (χ0v) is 23.4. The number of methoxy groups -OCH3 is 1. The molecule has 1 aromatic carbocycles. The maximum Gasteiger partial charge on any atom is 0.328 e. The predicted octanol–water partition coefficient (Wildman–Crippen LogP) is 1.87. The van der Waals surface area contributed by atoms with E-state index in [-0.39, 0.29) is 24.9 Å². The molecule has 0 radical (unpaired) electrons. The number of benzene rings is 1. The second-order valence-corrected chi connectivity index (χ2v) is 9.64. The van der Waals surface area contributed by atoms with Crippen LogP contribution >= 0.6 is 0 Å². The number of amides is 1. The smallest absolute Gasteiger partial charge is 0.328 e. The van der Waals surface area contributed by atoms with Crippen molar-refractivity contribution in [3.05, 3.63) is 46.0 Å². The lowest BCUT2D eigenvalue weighted by Gasteiger charge is -2.47. The van der Waals surface area contributed by atoms with Crippen LogP contribution in [-0.4, -0.2) is 103 Å². The van der Waals surface area contributed by atoms with Crippen LogP contribution in [0.4, 0.5) is 0 Å². The molecule has 2 saturated heterocycles. The van der Waals surface area contributed by atoms with E-state index >= 15 is 0 Å². The Morgan fingerprint density at radius 2 is 1.93 bits per heavy atom. The summed E-state index contributed by atoms with van der Waals surface area (Å²) >= 11 is 0. The van der Waals surface area contributed by atoms with Gasteiger partial charge < -0.3 is 19.4 Å². The van der Waals surface area contributed by atoms with Gasteiger partial charge in [-0.05, 0) is 50.5 Å². The highest BCUT2D eigenvalue weighted by Crippen LogP contribution is 2.25. The van der Waals surface area contributed by atoms with Crippen molar-refractivity contribution in [2.75, 3.05) is 46.6 Å². The number of nitrogens with one attached hydrogen (secondary N) is 1. The average molecular weight is 567 g/mol. The Morgan fingerprint density at radius 3 is 2.58 bits per heavy atom. The number of fused-ring (bicyclic) bond motifs is 1. The average Bonchev–Trinajstić information content (AvgIpc) is 2.94. The van der Waals surface area contributed by atoms with E-state index in [4.69, 9.17) is 9.47 Å². The van der Waals surface area contributed by atoms with Crippen LogP contribution in [0.2, 0.25) is 0 Å². The lowest BCUT2D eigenvalue weighted by atomic mass is 9.98.